The number of amides is 2. The molecule has 0 aromatic rings. The van der Waals surface area contributed by atoms with Gasteiger partial charge in [-0.2, -0.15) is 0 Å². The lowest BCUT2D eigenvalue weighted by Gasteiger charge is -2.23. The summed E-state index contributed by atoms with van der Waals surface area (Å²) in [6, 6.07) is 0.339. The molecule has 1 saturated heterocycles. The average Bonchev–Trinajstić information content (AvgIpc) is 3.06. The summed E-state index contributed by atoms with van der Waals surface area (Å²) in [6.07, 6.45) is 6.15. The fraction of sp³-hybridized carbons (Fsp3) is 0.800. The third-order valence-corrected chi connectivity index (χ3v) is 4.41. The monoisotopic (exact) mass is 296 g/mol. The first-order valence-electron chi connectivity index (χ1n) is 7.87. The summed E-state index contributed by atoms with van der Waals surface area (Å²) in [4.78, 5) is 36.3. The number of hydrogen-bond donors (Lipinski definition) is 2. The van der Waals surface area contributed by atoms with Gasteiger partial charge in [0, 0.05) is 32.0 Å². The molecule has 0 unspecified atom stereocenters. The van der Waals surface area contributed by atoms with Crippen molar-refractivity contribution in [1.29, 1.82) is 0 Å². The van der Waals surface area contributed by atoms with Crippen molar-refractivity contribution < 1.29 is 19.5 Å². The molecule has 2 fully saturated rings. The summed E-state index contributed by atoms with van der Waals surface area (Å²) in [5, 5.41) is 11.3. The van der Waals surface area contributed by atoms with Gasteiger partial charge in [0.15, 0.2) is 0 Å². The molecule has 0 aromatic heterocycles. The van der Waals surface area contributed by atoms with Gasteiger partial charge in [0.2, 0.25) is 11.8 Å². The average molecular weight is 296 g/mol. The van der Waals surface area contributed by atoms with E-state index in [4.69, 9.17) is 5.11 Å². The second-order valence-electron chi connectivity index (χ2n) is 6.03. The van der Waals surface area contributed by atoms with Crippen molar-refractivity contribution in [3.05, 3.63) is 0 Å². The topological polar surface area (TPSA) is 86.7 Å². The van der Waals surface area contributed by atoms with Crippen molar-refractivity contribution in [2.75, 3.05) is 13.1 Å². The van der Waals surface area contributed by atoms with E-state index in [-0.39, 0.29) is 24.2 Å². The van der Waals surface area contributed by atoms with Crippen LogP contribution in [0.4, 0.5) is 0 Å². The normalized spacial score (nSPS) is 22.8. The lowest BCUT2D eigenvalue weighted by Crippen LogP contribution is -2.37. The van der Waals surface area contributed by atoms with Gasteiger partial charge in [0.25, 0.3) is 0 Å². The SMILES string of the molecule is O=C(O)CCCCNC(=O)[C@H]1CC(=O)N(C2CCCC2)C1. The molecule has 0 radical (unpaired) electrons. The number of likely N-dealkylation sites (tertiary alicyclic amines) is 1. The minimum absolute atomic E-state index is 0.0702. The van der Waals surface area contributed by atoms with Gasteiger partial charge in [-0.05, 0) is 25.7 Å². The predicted octanol–water partition coefficient (Wildman–Crippen LogP) is 1.15. The Balaban J connectivity index is 1.68. The van der Waals surface area contributed by atoms with Crippen molar-refractivity contribution in [3.63, 3.8) is 0 Å². The number of rotatable bonds is 7. The van der Waals surface area contributed by atoms with Gasteiger partial charge < -0.3 is 15.3 Å². The van der Waals surface area contributed by atoms with Crippen molar-refractivity contribution in [2.45, 2.75) is 57.4 Å². The van der Waals surface area contributed by atoms with Crippen molar-refractivity contribution in [1.82, 2.24) is 10.2 Å². The van der Waals surface area contributed by atoms with E-state index in [1.807, 2.05) is 4.90 Å². The third kappa shape index (κ3) is 4.44. The molecule has 21 heavy (non-hydrogen) atoms. The second kappa shape index (κ2) is 7.43. The first-order valence-corrected chi connectivity index (χ1v) is 7.87. The summed E-state index contributed by atoms with van der Waals surface area (Å²) in [7, 11) is 0. The Hall–Kier alpha value is -1.59. The van der Waals surface area contributed by atoms with E-state index in [1.165, 1.54) is 12.8 Å². The molecule has 1 aliphatic heterocycles. The zero-order valence-electron chi connectivity index (χ0n) is 12.3. The molecular weight excluding hydrogens is 272 g/mol. The number of hydrogen-bond acceptors (Lipinski definition) is 3. The molecule has 6 heteroatoms. The molecule has 1 saturated carbocycles. The molecule has 2 N–H and O–H groups in total. The van der Waals surface area contributed by atoms with E-state index in [0.29, 0.717) is 38.4 Å². The van der Waals surface area contributed by atoms with Crippen LogP contribution in [0.5, 0.6) is 0 Å². The summed E-state index contributed by atoms with van der Waals surface area (Å²) in [5.74, 6) is -1.01. The van der Waals surface area contributed by atoms with E-state index in [0.717, 1.165) is 12.8 Å². The molecular formula is C15H24N2O4. The van der Waals surface area contributed by atoms with Crippen molar-refractivity contribution in [2.24, 2.45) is 5.92 Å². The van der Waals surface area contributed by atoms with Crippen molar-refractivity contribution in [3.8, 4) is 0 Å². The van der Waals surface area contributed by atoms with Crippen LogP contribution in [0.15, 0.2) is 0 Å². The van der Waals surface area contributed by atoms with E-state index < -0.39 is 5.97 Å². The lowest BCUT2D eigenvalue weighted by molar-refractivity contribution is -0.137. The first kappa shape index (κ1) is 15.8. The summed E-state index contributed by atoms with van der Waals surface area (Å²) in [6.45, 7) is 1.03. The van der Waals surface area contributed by atoms with Crippen LogP contribution >= 0.6 is 0 Å². The minimum atomic E-state index is -0.810. The second-order valence-corrected chi connectivity index (χ2v) is 6.03. The molecule has 0 bridgehead atoms. The van der Waals surface area contributed by atoms with Crippen LogP contribution in [-0.2, 0) is 14.4 Å². The summed E-state index contributed by atoms with van der Waals surface area (Å²) >= 11 is 0. The predicted molar refractivity (Wildman–Crippen MR) is 76.6 cm³/mol. The Morgan fingerprint density at radius 3 is 2.62 bits per heavy atom. The van der Waals surface area contributed by atoms with Crippen LogP contribution in [0.2, 0.25) is 0 Å². The molecule has 1 atom stereocenters. The van der Waals surface area contributed by atoms with Crippen LogP contribution in [0.3, 0.4) is 0 Å². The van der Waals surface area contributed by atoms with Gasteiger partial charge in [0.05, 0.1) is 5.92 Å². The van der Waals surface area contributed by atoms with Gasteiger partial charge in [-0.3, -0.25) is 14.4 Å². The van der Waals surface area contributed by atoms with E-state index in [1.54, 1.807) is 0 Å². The number of carbonyl (C=O) groups excluding carboxylic acids is 2. The fourth-order valence-electron chi connectivity index (χ4n) is 3.23. The third-order valence-electron chi connectivity index (χ3n) is 4.41. The maximum absolute atomic E-state index is 12.0. The highest BCUT2D eigenvalue weighted by atomic mass is 16.4. The van der Waals surface area contributed by atoms with Crippen molar-refractivity contribution >= 4 is 17.8 Å². The first-order chi connectivity index (χ1) is 10.1. The van der Waals surface area contributed by atoms with Gasteiger partial charge >= 0.3 is 5.97 Å². The van der Waals surface area contributed by atoms with Gasteiger partial charge in [-0.1, -0.05) is 12.8 Å². The highest BCUT2D eigenvalue weighted by Gasteiger charge is 2.38. The van der Waals surface area contributed by atoms with Gasteiger partial charge in [-0.25, -0.2) is 0 Å². The van der Waals surface area contributed by atoms with E-state index in [9.17, 15) is 14.4 Å². The van der Waals surface area contributed by atoms with Crippen LogP contribution < -0.4 is 5.32 Å². The molecule has 1 aliphatic carbocycles. The highest BCUT2D eigenvalue weighted by Crippen LogP contribution is 2.29. The molecule has 1 heterocycles. The summed E-state index contributed by atoms with van der Waals surface area (Å²) < 4.78 is 0. The molecule has 118 valence electrons. The maximum Gasteiger partial charge on any atom is 0.303 e. The zero-order valence-corrected chi connectivity index (χ0v) is 12.3. The number of carbonyl (C=O) groups is 3. The molecule has 6 nitrogen and oxygen atoms in total. The standard InChI is InChI=1S/C15H24N2O4/c18-13-9-11(10-17(13)12-5-1-2-6-12)15(21)16-8-4-3-7-14(19)20/h11-12H,1-10H2,(H,16,21)(H,19,20)/t11-/m0/s1. The highest BCUT2D eigenvalue weighted by molar-refractivity contribution is 5.89. The molecule has 2 aliphatic rings. The number of aliphatic carboxylic acids is 1. The molecule has 0 spiro atoms. The molecule has 2 rings (SSSR count). The van der Waals surface area contributed by atoms with Gasteiger partial charge in [-0.15, -0.1) is 0 Å². The smallest absolute Gasteiger partial charge is 0.303 e. The quantitative estimate of drug-likeness (QED) is 0.690. The Morgan fingerprint density at radius 2 is 1.95 bits per heavy atom. The molecule has 2 amide bonds. The summed E-state index contributed by atoms with van der Waals surface area (Å²) in [5.41, 5.74) is 0. The lowest BCUT2D eigenvalue weighted by atomic mass is 10.1. The van der Waals surface area contributed by atoms with Crippen LogP contribution in [0.1, 0.15) is 51.4 Å². The zero-order chi connectivity index (χ0) is 15.2. The van der Waals surface area contributed by atoms with Crippen LogP contribution in [0.25, 0.3) is 0 Å². The van der Waals surface area contributed by atoms with E-state index >= 15 is 0 Å². The maximum atomic E-state index is 12.0. The van der Waals surface area contributed by atoms with Crippen LogP contribution in [0, 0.1) is 5.92 Å². The number of unbranched alkanes of at least 4 members (excludes halogenated alkanes) is 1. The molecule has 0 aromatic carbocycles. The Bertz CT molecular complexity index is 404. The van der Waals surface area contributed by atoms with Crippen LogP contribution in [-0.4, -0.2) is 46.9 Å². The minimum Gasteiger partial charge on any atom is -0.481 e. The van der Waals surface area contributed by atoms with Gasteiger partial charge in [0.1, 0.15) is 0 Å². The van der Waals surface area contributed by atoms with E-state index in [2.05, 4.69) is 5.32 Å². The number of nitrogens with zero attached hydrogens (tertiary/aromatic N) is 1. The number of carboxylic acids is 1. The number of carboxylic acid groups (broad SMARTS) is 1. The Kier molecular flexibility index (Phi) is 5.59. The Morgan fingerprint density at radius 1 is 1.24 bits per heavy atom. The number of nitrogens with one attached hydrogen (secondary N) is 1. The Labute approximate surface area is 124 Å². The fourth-order valence-corrected chi connectivity index (χ4v) is 3.23. The largest absolute Gasteiger partial charge is 0.481 e.